The fourth-order valence-corrected chi connectivity index (χ4v) is 2.66. The number of aromatic nitrogens is 2. The zero-order chi connectivity index (χ0) is 17.4. The van der Waals surface area contributed by atoms with Gasteiger partial charge < -0.3 is 14.8 Å². The van der Waals surface area contributed by atoms with Gasteiger partial charge in [0.1, 0.15) is 0 Å². The molecule has 1 aromatic carbocycles. The van der Waals surface area contributed by atoms with E-state index in [1.807, 2.05) is 30.0 Å². The number of nitrogens with one attached hydrogen (secondary N) is 1. The van der Waals surface area contributed by atoms with Gasteiger partial charge in [0.05, 0.1) is 0 Å². The van der Waals surface area contributed by atoms with Crippen LogP contribution < -0.4 is 10.5 Å². The number of H-pyrrole nitrogens is 1. The van der Waals surface area contributed by atoms with E-state index in [0.29, 0.717) is 5.82 Å². The van der Waals surface area contributed by atoms with Crippen LogP contribution in [0.1, 0.15) is 19.4 Å². The second kappa shape index (κ2) is 9.03. The summed E-state index contributed by atoms with van der Waals surface area (Å²) in [6, 6.07) is 10.3. The van der Waals surface area contributed by atoms with Gasteiger partial charge in [-0.1, -0.05) is 42.0 Å². The van der Waals surface area contributed by atoms with Crippen LogP contribution in [-0.2, 0) is 0 Å². The Morgan fingerprint density at radius 3 is 2.67 bits per heavy atom. The van der Waals surface area contributed by atoms with E-state index >= 15 is 0 Å². The molecule has 0 aliphatic carbocycles. The number of aromatic amines is 1. The highest BCUT2D eigenvalue weighted by Crippen LogP contribution is 2.08. The quantitative estimate of drug-likeness (QED) is 0.810. The van der Waals surface area contributed by atoms with E-state index in [2.05, 4.69) is 47.0 Å². The Labute approximate surface area is 143 Å². The zero-order valence-electron chi connectivity index (χ0n) is 14.7. The fourth-order valence-electron chi connectivity index (χ4n) is 2.66. The van der Waals surface area contributed by atoms with Crippen molar-refractivity contribution in [1.29, 1.82) is 0 Å². The monoisotopic (exact) mass is 326 g/mol. The summed E-state index contributed by atoms with van der Waals surface area (Å²) in [7, 11) is 2.10. The number of hydrogen-bond acceptors (Lipinski definition) is 4. The highest BCUT2D eigenvalue weighted by atomic mass is 16.1. The van der Waals surface area contributed by atoms with Crippen LogP contribution in [0.25, 0.3) is 6.08 Å². The van der Waals surface area contributed by atoms with Gasteiger partial charge in [0.25, 0.3) is 5.56 Å². The van der Waals surface area contributed by atoms with Crippen LogP contribution in [0.2, 0.25) is 0 Å². The Kier molecular flexibility index (Phi) is 6.75. The molecular formula is C19H26N4O. The van der Waals surface area contributed by atoms with Crippen molar-refractivity contribution in [2.75, 3.05) is 38.1 Å². The van der Waals surface area contributed by atoms with Crippen molar-refractivity contribution < 1.29 is 0 Å². The Morgan fingerprint density at radius 2 is 2.00 bits per heavy atom. The number of nitrogens with zero attached hydrogens (tertiary/aromatic N) is 3. The second-order valence-corrected chi connectivity index (χ2v) is 5.96. The molecule has 2 aromatic rings. The summed E-state index contributed by atoms with van der Waals surface area (Å²) in [5, 5.41) is 0. The summed E-state index contributed by atoms with van der Waals surface area (Å²) < 4.78 is 0. The summed E-state index contributed by atoms with van der Waals surface area (Å²) in [6.07, 6.45) is 5.39. The average Bonchev–Trinajstić information content (AvgIpc) is 2.57. The van der Waals surface area contributed by atoms with Crippen molar-refractivity contribution in [1.82, 2.24) is 14.9 Å². The van der Waals surface area contributed by atoms with Crippen LogP contribution in [-0.4, -0.2) is 48.1 Å². The molecule has 5 heteroatoms. The Bertz CT molecular complexity index is 709. The molecule has 0 bridgehead atoms. The Hall–Kier alpha value is -2.40. The standard InChI is InChI=1S/C19H26N4O/c1-4-23(18-19(24)21-11-10-20-18)13-12-22(3)15-16(2)14-17-8-6-5-7-9-17/h5-11,14H,4,12-13,15H2,1-3H3,(H,21,24)/b16-14+. The smallest absolute Gasteiger partial charge is 0.290 e. The lowest BCUT2D eigenvalue weighted by Crippen LogP contribution is -2.37. The molecule has 0 unspecified atom stereocenters. The molecule has 0 saturated carbocycles. The lowest BCUT2D eigenvalue weighted by molar-refractivity contribution is 0.368. The van der Waals surface area contributed by atoms with Crippen molar-refractivity contribution in [2.24, 2.45) is 0 Å². The molecule has 0 atom stereocenters. The van der Waals surface area contributed by atoms with E-state index in [4.69, 9.17) is 0 Å². The molecule has 0 fully saturated rings. The van der Waals surface area contributed by atoms with Gasteiger partial charge in [-0.15, -0.1) is 0 Å². The minimum Gasteiger partial charge on any atom is -0.351 e. The van der Waals surface area contributed by atoms with Crippen molar-refractivity contribution in [3.05, 3.63) is 64.2 Å². The van der Waals surface area contributed by atoms with Gasteiger partial charge in [0.15, 0.2) is 5.82 Å². The first-order valence-electron chi connectivity index (χ1n) is 8.29. The lowest BCUT2D eigenvalue weighted by atomic mass is 10.1. The van der Waals surface area contributed by atoms with Crippen molar-refractivity contribution in [3.63, 3.8) is 0 Å². The third-order valence-corrected chi connectivity index (χ3v) is 3.85. The molecule has 0 aliphatic rings. The third-order valence-electron chi connectivity index (χ3n) is 3.85. The fraction of sp³-hybridized carbons (Fsp3) is 0.368. The minimum absolute atomic E-state index is 0.137. The topological polar surface area (TPSA) is 52.2 Å². The van der Waals surface area contributed by atoms with E-state index in [-0.39, 0.29) is 5.56 Å². The first-order valence-corrected chi connectivity index (χ1v) is 8.29. The van der Waals surface area contributed by atoms with E-state index in [1.165, 1.54) is 11.1 Å². The van der Waals surface area contributed by atoms with Gasteiger partial charge >= 0.3 is 0 Å². The molecule has 2 rings (SSSR count). The number of likely N-dealkylation sites (N-methyl/N-ethyl adjacent to an activating group) is 2. The first-order chi connectivity index (χ1) is 11.6. The van der Waals surface area contributed by atoms with Crippen LogP contribution in [0.15, 0.2) is 53.1 Å². The molecule has 128 valence electrons. The zero-order valence-corrected chi connectivity index (χ0v) is 14.7. The SMILES string of the molecule is CCN(CCN(C)C/C(C)=C/c1ccccc1)c1ncc[nH]c1=O. The van der Waals surface area contributed by atoms with Crippen LogP contribution in [0.3, 0.4) is 0 Å². The number of rotatable bonds is 8. The van der Waals surface area contributed by atoms with Crippen molar-refractivity contribution in [3.8, 4) is 0 Å². The highest BCUT2D eigenvalue weighted by molar-refractivity contribution is 5.52. The minimum atomic E-state index is -0.137. The molecule has 0 radical (unpaired) electrons. The first kappa shape index (κ1) is 17.9. The van der Waals surface area contributed by atoms with E-state index in [9.17, 15) is 4.79 Å². The molecule has 1 heterocycles. The van der Waals surface area contributed by atoms with Gasteiger partial charge in [-0.05, 0) is 26.5 Å². The summed E-state index contributed by atoms with van der Waals surface area (Å²) in [5.74, 6) is 0.491. The third kappa shape index (κ3) is 5.35. The summed E-state index contributed by atoms with van der Waals surface area (Å²) in [6.45, 7) is 7.46. The van der Waals surface area contributed by atoms with Crippen LogP contribution in [0.4, 0.5) is 5.82 Å². The van der Waals surface area contributed by atoms with Crippen LogP contribution in [0, 0.1) is 0 Å². The van der Waals surface area contributed by atoms with Crippen LogP contribution >= 0.6 is 0 Å². The molecule has 1 N–H and O–H groups in total. The molecule has 0 spiro atoms. The largest absolute Gasteiger partial charge is 0.351 e. The molecule has 5 nitrogen and oxygen atoms in total. The average molecular weight is 326 g/mol. The van der Waals surface area contributed by atoms with Gasteiger partial charge in [-0.3, -0.25) is 4.79 Å². The number of anilines is 1. The number of hydrogen-bond donors (Lipinski definition) is 1. The molecule has 0 aliphatic heterocycles. The molecule has 0 saturated heterocycles. The van der Waals surface area contributed by atoms with E-state index in [0.717, 1.165) is 26.2 Å². The van der Waals surface area contributed by atoms with Gasteiger partial charge in [0, 0.05) is 38.6 Å². The number of benzene rings is 1. The molecule has 1 aromatic heterocycles. The van der Waals surface area contributed by atoms with E-state index in [1.54, 1.807) is 12.4 Å². The Balaban J connectivity index is 1.90. The van der Waals surface area contributed by atoms with Crippen molar-refractivity contribution >= 4 is 11.9 Å². The molecule has 24 heavy (non-hydrogen) atoms. The summed E-state index contributed by atoms with van der Waals surface area (Å²) >= 11 is 0. The van der Waals surface area contributed by atoms with Crippen molar-refractivity contribution in [2.45, 2.75) is 13.8 Å². The van der Waals surface area contributed by atoms with Gasteiger partial charge in [-0.2, -0.15) is 0 Å². The highest BCUT2D eigenvalue weighted by Gasteiger charge is 2.10. The molecular weight excluding hydrogens is 300 g/mol. The maximum absolute atomic E-state index is 11.9. The predicted molar refractivity (Wildman–Crippen MR) is 100 cm³/mol. The van der Waals surface area contributed by atoms with Crippen LogP contribution in [0.5, 0.6) is 0 Å². The second-order valence-electron chi connectivity index (χ2n) is 5.96. The maximum Gasteiger partial charge on any atom is 0.290 e. The Morgan fingerprint density at radius 1 is 1.25 bits per heavy atom. The van der Waals surface area contributed by atoms with Gasteiger partial charge in [0.2, 0.25) is 0 Å². The normalized spacial score (nSPS) is 11.8. The molecule has 0 amide bonds. The van der Waals surface area contributed by atoms with Gasteiger partial charge in [-0.25, -0.2) is 4.98 Å². The van der Waals surface area contributed by atoms with E-state index < -0.39 is 0 Å². The predicted octanol–water partition coefficient (Wildman–Crippen LogP) is 2.63. The maximum atomic E-state index is 11.9. The summed E-state index contributed by atoms with van der Waals surface area (Å²) in [4.78, 5) is 23.0. The summed E-state index contributed by atoms with van der Waals surface area (Å²) in [5.41, 5.74) is 2.39. The lowest BCUT2D eigenvalue weighted by Gasteiger charge is -2.24.